The van der Waals surface area contributed by atoms with Crippen molar-refractivity contribution in [1.82, 2.24) is 0 Å². The molecule has 0 fully saturated rings. The third kappa shape index (κ3) is 21.5. The van der Waals surface area contributed by atoms with Crippen molar-refractivity contribution >= 4 is 58.0 Å². The van der Waals surface area contributed by atoms with Gasteiger partial charge in [-0.25, -0.2) is 8.42 Å². The van der Waals surface area contributed by atoms with Gasteiger partial charge in [-0.3, -0.25) is 4.55 Å². The van der Waals surface area contributed by atoms with Crippen LogP contribution in [-0.2, 0) is 33.1 Å². The summed E-state index contributed by atoms with van der Waals surface area (Å²) in [5.74, 6) is 0.310. The molecule has 4 aromatic carbocycles. The fourth-order valence-corrected chi connectivity index (χ4v) is 7.79. The summed E-state index contributed by atoms with van der Waals surface area (Å²) in [5, 5.41) is 21.0. The minimum atomic E-state index is -4.68. The number of benzene rings is 4. The molecule has 0 aliphatic rings. The molecule has 0 aliphatic heterocycles. The van der Waals surface area contributed by atoms with E-state index < -0.39 is 25.1 Å². The predicted molar refractivity (Wildman–Crippen MR) is 232 cm³/mol. The molecule has 59 heavy (non-hydrogen) atoms. The average molecular weight is 879 g/mol. The van der Waals surface area contributed by atoms with Crippen LogP contribution < -0.4 is 14.6 Å². The van der Waals surface area contributed by atoms with Crippen molar-refractivity contribution in [3.05, 3.63) is 96.1 Å². The third-order valence-corrected chi connectivity index (χ3v) is 11.5. The van der Waals surface area contributed by atoms with Crippen LogP contribution in [0.2, 0.25) is 0 Å². The van der Waals surface area contributed by atoms with Gasteiger partial charge in [0.15, 0.2) is 0 Å². The van der Waals surface area contributed by atoms with Gasteiger partial charge in [-0.2, -0.15) is 8.42 Å². The van der Waals surface area contributed by atoms with E-state index in [2.05, 4.69) is 13.8 Å². The molecule has 4 aromatic rings. The summed E-state index contributed by atoms with van der Waals surface area (Å²) in [5.41, 5.74) is 1.86. The second kappa shape index (κ2) is 28.6. The smallest absolute Gasteiger partial charge is 0.872 e. The number of aryl methyl sites for hydroxylation is 2. The molecule has 0 saturated carbocycles. The first kappa shape index (κ1) is 52.3. The van der Waals surface area contributed by atoms with Crippen LogP contribution in [0.5, 0.6) is 34.5 Å². The fourth-order valence-electron chi connectivity index (χ4n) is 6.61. The molecule has 2 N–H and O–H groups in total. The normalized spacial score (nSPS) is 11.3. The van der Waals surface area contributed by atoms with Crippen LogP contribution in [-0.4, -0.2) is 68.8 Å². The Morgan fingerprint density at radius 2 is 0.932 bits per heavy atom. The number of aromatic hydroxyl groups is 1. The fraction of sp³-hybridized carbons (Fsp3) is 0.478. The monoisotopic (exact) mass is 878 g/mol. The van der Waals surface area contributed by atoms with E-state index >= 15 is 0 Å². The molecule has 10 nitrogen and oxygen atoms in total. The molecule has 0 aromatic heterocycles. The number of rotatable bonds is 26. The molecular formula is C46H62CaO10S2. The van der Waals surface area contributed by atoms with E-state index in [0.717, 1.165) is 49.7 Å². The molecule has 0 saturated heterocycles. The molecule has 0 bridgehead atoms. The van der Waals surface area contributed by atoms with Crippen molar-refractivity contribution in [2.45, 2.75) is 152 Å². The Hall–Kier alpha value is -2.84. The largest absolute Gasteiger partial charge is 2.00 e. The maximum Gasteiger partial charge on any atom is 2.00 e. The number of hydrogen-bond donors (Lipinski definition) is 2. The zero-order valence-corrected chi connectivity index (χ0v) is 38.8. The Bertz CT molecular complexity index is 1870. The molecule has 4 rings (SSSR count). The van der Waals surface area contributed by atoms with Gasteiger partial charge >= 0.3 is 37.7 Å². The average Bonchev–Trinajstić information content (AvgIpc) is 3.16. The first-order valence-electron chi connectivity index (χ1n) is 20.9. The zero-order chi connectivity index (χ0) is 42.2. The molecule has 0 amide bonds. The SMILES string of the molecule is CCCCCCCCCCCc1ccc(S(=O)(=O)O)c(Oc2cccc(O)c2)c1.CCCCCCCCCCCc1ccc(S(=O)(=O)[O-])c(Oc2cccc([O-])c2)c1.[Ca+2]. The van der Waals surface area contributed by atoms with Crippen molar-refractivity contribution in [2.24, 2.45) is 0 Å². The number of hydrogen-bond acceptors (Lipinski definition) is 9. The topological polar surface area (TPSA) is 173 Å². The number of unbranched alkanes of at least 4 members (excludes halogenated alkanes) is 16. The first-order chi connectivity index (χ1) is 27.8. The molecule has 320 valence electrons. The quantitative estimate of drug-likeness (QED) is 0.0351. The van der Waals surface area contributed by atoms with Gasteiger partial charge in [-0.1, -0.05) is 147 Å². The maximum absolute atomic E-state index is 11.7. The Labute approximate surface area is 383 Å². The van der Waals surface area contributed by atoms with Gasteiger partial charge in [0.05, 0.1) is 4.90 Å². The van der Waals surface area contributed by atoms with Crippen LogP contribution in [0.1, 0.15) is 141 Å². The first-order valence-corrected chi connectivity index (χ1v) is 23.8. The van der Waals surface area contributed by atoms with Gasteiger partial charge in [0.2, 0.25) is 0 Å². The van der Waals surface area contributed by atoms with Gasteiger partial charge < -0.3 is 24.2 Å². The van der Waals surface area contributed by atoms with Crippen LogP contribution >= 0.6 is 0 Å². The Morgan fingerprint density at radius 3 is 1.36 bits per heavy atom. The summed E-state index contributed by atoms with van der Waals surface area (Å²) in [6, 6.07) is 21.1. The minimum Gasteiger partial charge on any atom is -0.872 e. The van der Waals surface area contributed by atoms with Gasteiger partial charge in [0.25, 0.3) is 10.1 Å². The Kier molecular flexibility index (Phi) is 25.4. The van der Waals surface area contributed by atoms with E-state index in [1.165, 1.54) is 132 Å². The molecule has 13 heteroatoms. The zero-order valence-electron chi connectivity index (χ0n) is 34.9. The summed E-state index contributed by atoms with van der Waals surface area (Å²) < 4.78 is 78.7. The van der Waals surface area contributed by atoms with Gasteiger partial charge in [0, 0.05) is 6.07 Å². The molecule has 0 unspecified atom stereocenters. The molecule has 0 atom stereocenters. The van der Waals surface area contributed by atoms with Crippen molar-refractivity contribution < 1.29 is 45.6 Å². The number of ether oxygens (including phenoxy) is 2. The second-order valence-electron chi connectivity index (χ2n) is 14.8. The summed E-state index contributed by atoms with van der Waals surface area (Å²) in [6.45, 7) is 4.44. The van der Waals surface area contributed by atoms with Crippen molar-refractivity contribution in [1.29, 1.82) is 0 Å². The van der Waals surface area contributed by atoms with Crippen molar-refractivity contribution in [3.63, 3.8) is 0 Å². The standard InChI is InChI=1S/2C23H32O5S.Ca/c2*1-2-3-4-5-6-7-8-9-10-12-19-15-16-23(29(25,26)27)22(17-19)28-21-14-11-13-20(24)18-21;/h2*11,13-18,24H,2-10,12H2,1H3,(H,25,26,27);/q;;+2/p-2. The van der Waals surface area contributed by atoms with Crippen LogP contribution in [0.4, 0.5) is 0 Å². The maximum atomic E-state index is 11.7. The molecule has 0 aliphatic carbocycles. The summed E-state index contributed by atoms with van der Waals surface area (Å²) in [6.07, 6.45) is 23.8. The Morgan fingerprint density at radius 1 is 0.525 bits per heavy atom. The van der Waals surface area contributed by atoms with E-state index in [1.54, 1.807) is 42.5 Å². The molecule has 0 spiro atoms. The summed E-state index contributed by atoms with van der Waals surface area (Å²) >= 11 is 0. The van der Waals surface area contributed by atoms with E-state index in [1.807, 2.05) is 0 Å². The minimum absolute atomic E-state index is 0. The summed E-state index contributed by atoms with van der Waals surface area (Å²) in [7, 11) is -9.09. The summed E-state index contributed by atoms with van der Waals surface area (Å²) in [4.78, 5) is -0.693. The molecule has 0 radical (unpaired) electrons. The van der Waals surface area contributed by atoms with E-state index in [9.17, 15) is 36.2 Å². The van der Waals surface area contributed by atoms with Crippen LogP contribution in [0.15, 0.2) is 94.7 Å². The van der Waals surface area contributed by atoms with Crippen molar-refractivity contribution in [2.75, 3.05) is 0 Å². The van der Waals surface area contributed by atoms with Gasteiger partial charge in [-0.15, -0.1) is 5.75 Å². The van der Waals surface area contributed by atoms with Crippen LogP contribution in [0.3, 0.4) is 0 Å². The molecule has 0 heterocycles. The van der Waals surface area contributed by atoms with Gasteiger partial charge in [0.1, 0.15) is 43.8 Å². The van der Waals surface area contributed by atoms with E-state index in [4.69, 9.17) is 9.47 Å². The Balaban J connectivity index is 0.000000400. The third-order valence-electron chi connectivity index (χ3n) is 9.78. The van der Waals surface area contributed by atoms with E-state index in [-0.39, 0.29) is 71.4 Å². The van der Waals surface area contributed by atoms with Crippen LogP contribution in [0.25, 0.3) is 0 Å². The number of phenols is 1. The molecular weight excluding hydrogens is 817 g/mol. The van der Waals surface area contributed by atoms with Crippen molar-refractivity contribution in [3.8, 4) is 34.5 Å². The predicted octanol–water partition coefficient (Wildman–Crippen LogP) is 11.7. The van der Waals surface area contributed by atoms with Crippen LogP contribution in [0, 0.1) is 0 Å². The van der Waals surface area contributed by atoms with E-state index in [0.29, 0.717) is 5.75 Å². The number of phenolic OH excluding ortho intramolecular Hbond substituents is 1. The van der Waals surface area contributed by atoms with Gasteiger partial charge in [-0.05, 0) is 85.3 Å². The second-order valence-corrected chi connectivity index (χ2v) is 17.6.